The Bertz CT molecular complexity index is 387. The number of nitrogens with one attached hydrogen (secondary N) is 1. The molecule has 1 rings (SSSR count). The van der Waals surface area contributed by atoms with Crippen LogP contribution in [0.1, 0.15) is 44.3 Å². The second kappa shape index (κ2) is 6.85. The minimum atomic E-state index is -0.759. The molecule has 0 radical (unpaired) electrons. The van der Waals surface area contributed by atoms with E-state index in [0.29, 0.717) is 13.0 Å². The number of nitrogens with two attached hydrogens (primary N) is 1. The third kappa shape index (κ3) is 4.38. The molecule has 0 bridgehead atoms. The summed E-state index contributed by atoms with van der Waals surface area (Å²) in [7, 11) is 0. The number of hydrogen-bond acceptors (Lipinski definition) is 4. The van der Waals surface area contributed by atoms with Crippen molar-refractivity contribution in [2.24, 2.45) is 5.73 Å². The van der Waals surface area contributed by atoms with Gasteiger partial charge >= 0.3 is 0 Å². The van der Waals surface area contributed by atoms with E-state index in [1.165, 1.54) is 0 Å². The Balaban J connectivity index is 2.35. The van der Waals surface area contributed by atoms with Gasteiger partial charge in [-0.25, -0.2) is 4.98 Å². The van der Waals surface area contributed by atoms with Crippen LogP contribution in [0, 0.1) is 0 Å². The first-order chi connectivity index (χ1) is 8.49. The second-order valence-electron chi connectivity index (χ2n) is 4.76. The second-order valence-corrected chi connectivity index (χ2v) is 5.70. The van der Waals surface area contributed by atoms with Gasteiger partial charge in [-0.1, -0.05) is 20.3 Å². The molecule has 1 unspecified atom stereocenters. The molecule has 1 atom stereocenters. The number of carbonyl (C=O) groups is 1. The van der Waals surface area contributed by atoms with Crippen molar-refractivity contribution in [2.75, 3.05) is 6.54 Å². The number of hydrogen-bond donors (Lipinski definition) is 2. The Morgan fingerprint density at radius 2 is 2.28 bits per heavy atom. The van der Waals surface area contributed by atoms with Crippen LogP contribution >= 0.6 is 11.3 Å². The maximum absolute atomic E-state index is 11.9. The van der Waals surface area contributed by atoms with Gasteiger partial charge in [-0.05, 0) is 19.8 Å². The van der Waals surface area contributed by atoms with Crippen LogP contribution in [0.5, 0.6) is 0 Å². The molecular weight excluding hydrogens is 246 g/mol. The SMILES string of the molecule is CCCC(C)(N)C(=O)NCCc1csc(CC)n1. The third-order valence-corrected chi connectivity index (χ3v) is 3.90. The molecule has 1 heterocycles. The first-order valence-corrected chi connectivity index (χ1v) is 7.38. The van der Waals surface area contributed by atoms with Crippen LogP contribution in [0.15, 0.2) is 5.38 Å². The van der Waals surface area contributed by atoms with Crippen molar-refractivity contribution in [1.82, 2.24) is 10.3 Å². The summed E-state index contributed by atoms with van der Waals surface area (Å²) in [5, 5.41) is 6.08. The van der Waals surface area contributed by atoms with Gasteiger partial charge < -0.3 is 11.1 Å². The van der Waals surface area contributed by atoms with Crippen molar-refractivity contribution in [2.45, 2.75) is 52.0 Å². The molecule has 0 saturated carbocycles. The van der Waals surface area contributed by atoms with Gasteiger partial charge in [0, 0.05) is 18.3 Å². The Morgan fingerprint density at radius 3 is 2.83 bits per heavy atom. The predicted molar refractivity (Wildman–Crippen MR) is 75.7 cm³/mol. The van der Waals surface area contributed by atoms with Crippen molar-refractivity contribution in [3.63, 3.8) is 0 Å². The van der Waals surface area contributed by atoms with E-state index in [1.54, 1.807) is 18.3 Å². The van der Waals surface area contributed by atoms with Crippen molar-refractivity contribution >= 4 is 17.2 Å². The quantitative estimate of drug-likeness (QED) is 0.794. The molecule has 1 amide bonds. The number of amides is 1. The summed E-state index contributed by atoms with van der Waals surface area (Å²) in [6.45, 7) is 6.50. The number of aryl methyl sites for hydroxylation is 1. The summed E-state index contributed by atoms with van der Waals surface area (Å²) >= 11 is 1.67. The molecule has 5 heteroatoms. The molecule has 1 aromatic heterocycles. The minimum Gasteiger partial charge on any atom is -0.354 e. The highest BCUT2D eigenvalue weighted by Crippen LogP contribution is 2.11. The zero-order valence-electron chi connectivity index (χ0n) is 11.5. The van der Waals surface area contributed by atoms with E-state index in [0.717, 1.165) is 30.0 Å². The van der Waals surface area contributed by atoms with Crippen LogP contribution in [0.25, 0.3) is 0 Å². The normalized spacial score (nSPS) is 14.2. The van der Waals surface area contributed by atoms with Crippen molar-refractivity contribution < 1.29 is 4.79 Å². The predicted octanol–water partition coefficient (Wildman–Crippen LogP) is 1.88. The van der Waals surface area contributed by atoms with Crippen LogP contribution < -0.4 is 11.1 Å². The van der Waals surface area contributed by atoms with Crippen LogP contribution in [-0.4, -0.2) is 23.0 Å². The van der Waals surface area contributed by atoms with E-state index >= 15 is 0 Å². The molecule has 0 saturated heterocycles. The Morgan fingerprint density at radius 1 is 1.56 bits per heavy atom. The van der Waals surface area contributed by atoms with Crippen LogP contribution in [-0.2, 0) is 17.6 Å². The molecule has 18 heavy (non-hydrogen) atoms. The fourth-order valence-electron chi connectivity index (χ4n) is 1.77. The molecular formula is C13H23N3OS. The Hall–Kier alpha value is -0.940. The van der Waals surface area contributed by atoms with Gasteiger partial charge in [-0.2, -0.15) is 0 Å². The molecule has 3 N–H and O–H groups in total. The maximum atomic E-state index is 11.9. The number of rotatable bonds is 7. The molecule has 1 aromatic rings. The highest BCUT2D eigenvalue weighted by Gasteiger charge is 2.26. The Kier molecular flexibility index (Phi) is 5.75. The van der Waals surface area contributed by atoms with Crippen LogP contribution in [0.3, 0.4) is 0 Å². The highest BCUT2D eigenvalue weighted by atomic mass is 32.1. The number of thiazole rings is 1. The van der Waals surface area contributed by atoms with Gasteiger partial charge in [-0.15, -0.1) is 11.3 Å². The first-order valence-electron chi connectivity index (χ1n) is 6.50. The van der Waals surface area contributed by atoms with Gasteiger partial charge in [0.2, 0.25) is 5.91 Å². The first kappa shape index (κ1) is 15.1. The van der Waals surface area contributed by atoms with Gasteiger partial charge in [0.05, 0.1) is 16.2 Å². The van der Waals surface area contributed by atoms with Crippen molar-refractivity contribution in [3.05, 3.63) is 16.1 Å². The van der Waals surface area contributed by atoms with E-state index in [4.69, 9.17) is 5.73 Å². The monoisotopic (exact) mass is 269 g/mol. The summed E-state index contributed by atoms with van der Waals surface area (Å²) < 4.78 is 0. The summed E-state index contributed by atoms with van der Waals surface area (Å²) in [6.07, 6.45) is 3.35. The number of carbonyl (C=O) groups excluding carboxylic acids is 1. The molecule has 0 spiro atoms. The summed E-state index contributed by atoms with van der Waals surface area (Å²) in [5.41, 5.74) is 6.24. The lowest BCUT2D eigenvalue weighted by atomic mass is 9.96. The largest absolute Gasteiger partial charge is 0.354 e. The topological polar surface area (TPSA) is 68.0 Å². The molecule has 0 fully saturated rings. The fourth-order valence-corrected chi connectivity index (χ4v) is 2.54. The van der Waals surface area contributed by atoms with E-state index in [-0.39, 0.29) is 5.91 Å². The zero-order valence-corrected chi connectivity index (χ0v) is 12.3. The lowest BCUT2D eigenvalue weighted by Crippen LogP contribution is -2.51. The summed E-state index contributed by atoms with van der Waals surface area (Å²) in [4.78, 5) is 16.3. The maximum Gasteiger partial charge on any atom is 0.239 e. The number of aromatic nitrogens is 1. The highest BCUT2D eigenvalue weighted by molar-refractivity contribution is 7.09. The average molecular weight is 269 g/mol. The Labute approximate surface area is 113 Å². The summed E-state index contributed by atoms with van der Waals surface area (Å²) in [6, 6.07) is 0. The van der Waals surface area contributed by atoms with E-state index in [9.17, 15) is 4.79 Å². The third-order valence-electron chi connectivity index (χ3n) is 2.86. The molecule has 0 aliphatic rings. The zero-order chi connectivity index (χ0) is 13.6. The molecule has 0 aromatic carbocycles. The smallest absolute Gasteiger partial charge is 0.239 e. The van der Waals surface area contributed by atoms with Gasteiger partial charge in [0.25, 0.3) is 0 Å². The standard InChI is InChI=1S/C13H23N3OS/c1-4-7-13(3,14)12(17)15-8-6-10-9-18-11(5-2)16-10/h9H,4-8,14H2,1-3H3,(H,15,17). The molecule has 0 aliphatic heterocycles. The van der Waals surface area contributed by atoms with Crippen molar-refractivity contribution in [1.29, 1.82) is 0 Å². The van der Waals surface area contributed by atoms with Gasteiger partial charge in [0.1, 0.15) is 0 Å². The van der Waals surface area contributed by atoms with E-state index in [1.807, 2.05) is 6.92 Å². The van der Waals surface area contributed by atoms with Gasteiger partial charge in [-0.3, -0.25) is 4.79 Å². The van der Waals surface area contributed by atoms with Crippen LogP contribution in [0.2, 0.25) is 0 Å². The lowest BCUT2D eigenvalue weighted by Gasteiger charge is -2.22. The molecule has 102 valence electrons. The fraction of sp³-hybridized carbons (Fsp3) is 0.692. The van der Waals surface area contributed by atoms with Crippen LogP contribution in [0.4, 0.5) is 0 Å². The lowest BCUT2D eigenvalue weighted by molar-refractivity contribution is -0.126. The molecule has 4 nitrogen and oxygen atoms in total. The summed E-state index contributed by atoms with van der Waals surface area (Å²) in [5.74, 6) is -0.0738. The van der Waals surface area contributed by atoms with E-state index < -0.39 is 5.54 Å². The average Bonchev–Trinajstić information content (AvgIpc) is 2.76. The van der Waals surface area contributed by atoms with E-state index in [2.05, 4.69) is 22.6 Å². The van der Waals surface area contributed by atoms with Gasteiger partial charge in [0.15, 0.2) is 0 Å². The number of nitrogens with zero attached hydrogens (tertiary/aromatic N) is 1. The van der Waals surface area contributed by atoms with Crippen molar-refractivity contribution in [3.8, 4) is 0 Å². The molecule has 0 aliphatic carbocycles. The minimum absolute atomic E-state index is 0.0738.